The van der Waals surface area contributed by atoms with Crippen LogP contribution in [0, 0.1) is 5.92 Å². The van der Waals surface area contributed by atoms with E-state index in [-0.39, 0.29) is 48.3 Å². The summed E-state index contributed by atoms with van der Waals surface area (Å²) in [5.41, 5.74) is -0.556. The molecule has 3 fully saturated rings. The summed E-state index contributed by atoms with van der Waals surface area (Å²) in [6.45, 7) is 10.9. The minimum atomic E-state index is -0.588. The minimum absolute atomic E-state index is 0.000110. The number of hydrogen-bond donors (Lipinski definition) is 3. The van der Waals surface area contributed by atoms with Crippen molar-refractivity contribution in [3.05, 3.63) is 0 Å². The third kappa shape index (κ3) is 19.4. The SMILES string of the molecule is CCCCCC[C@H](O)CCC[C@H](O)[C@H]1CC[C@H]([C@H]2CC[C@H]([C@H](O)CCCCCCCCCCCCCC(C(C)=O)C(=O)N3CCN(C(=O)OC(C)(C)C)CC3)O2)O1. The van der Waals surface area contributed by atoms with Gasteiger partial charge in [0, 0.05) is 26.2 Å². The molecular formula is C46H84N2O9. The molecule has 3 aliphatic rings. The standard InChI is InChI=1S/C46H84N2O9/c1-6-7-8-18-22-36(50)23-21-26-39(52)41-28-30-43(56-41)42-29-27-40(55-42)38(51)25-20-17-15-13-11-9-10-12-14-16-19-24-37(35(2)49)44(53)47-31-33-48(34-32-47)45(54)57-46(3,4)5/h36-43,50-52H,6-34H2,1-5H3/t36-,37?,38+,39-,40+,41+,42+,43+/m0/s1. The van der Waals surface area contributed by atoms with Gasteiger partial charge in [-0.1, -0.05) is 103 Å². The molecule has 0 spiro atoms. The van der Waals surface area contributed by atoms with E-state index in [0.717, 1.165) is 89.9 Å². The van der Waals surface area contributed by atoms with Gasteiger partial charge in [-0.2, -0.15) is 0 Å². The Hall–Kier alpha value is -1.79. The Morgan fingerprint density at radius 1 is 0.596 bits per heavy atom. The zero-order valence-electron chi connectivity index (χ0n) is 36.8. The van der Waals surface area contributed by atoms with Crippen molar-refractivity contribution in [3.8, 4) is 0 Å². The number of unbranched alkanes of at least 4 members (excludes halogenated alkanes) is 13. The molecule has 3 saturated heterocycles. The van der Waals surface area contributed by atoms with Crippen LogP contribution < -0.4 is 0 Å². The summed E-state index contributed by atoms with van der Waals surface area (Å²) < 4.78 is 18.0. The van der Waals surface area contributed by atoms with Gasteiger partial charge in [0.25, 0.3) is 0 Å². The normalized spacial score (nSPS) is 23.7. The zero-order valence-corrected chi connectivity index (χ0v) is 36.8. The summed E-state index contributed by atoms with van der Waals surface area (Å²) in [4.78, 5) is 41.2. The lowest BCUT2D eigenvalue weighted by Gasteiger charge is -2.36. The monoisotopic (exact) mass is 809 g/mol. The lowest BCUT2D eigenvalue weighted by Crippen LogP contribution is -2.53. The van der Waals surface area contributed by atoms with Gasteiger partial charge < -0.3 is 39.3 Å². The Morgan fingerprint density at radius 3 is 1.51 bits per heavy atom. The molecule has 3 aliphatic heterocycles. The highest BCUT2D eigenvalue weighted by molar-refractivity contribution is 6.00. The van der Waals surface area contributed by atoms with Crippen LogP contribution in [0.15, 0.2) is 0 Å². The van der Waals surface area contributed by atoms with Gasteiger partial charge in [0.05, 0.1) is 48.6 Å². The van der Waals surface area contributed by atoms with Gasteiger partial charge in [-0.15, -0.1) is 0 Å². The first-order valence-corrected chi connectivity index (χ1v) is 23.4. The van der Waals surface area contributed by atoms with E-state index in [4.69, 9.17) is 14.2 Å². The maximum atomic E-state index is 13.2. The van der Waals surface area contributed by atoms with Crippen molar-refractivity contribution in [1.29, 1.82) is 0 Å². The number of aliphatic hydroxyl groups excluding tert-OH is 3. The third-order valence-electron chi connectivity index (χ3n) is 12.4. The van der Waals surface area contributed by atoms with Crippen LogP contribution in [-0.2, 0) is 23.8 Å². The maximum absolute atomic E-state index is 13.2. The summed E-state index contributed by atoms with van der Waals surface area (Å²) in [6, 6.07) is 0. The second kappa shape index (κ2) is 27.1. The van der Waals surface area contributed by atoms with Crippen molar-refractivity contribution in [2.24, 2.45) is 5.92 Å². The number of ether oxygens (including phenoxy) is 3. The molecule has 0 aromatic carbocycles. The van der Waals surface area contributed by atoms with E-state index >= 15 is 0 Å². The van der Waals surface area contributed by atoms with Crippen LogP contribution in [0.4, 0.5) is 4.79 Å². The molecule has 0 saturated carbocycles. The third-order valence-corrected chi connectivity index (χ3v) is 12.4. The molecule has 332 valence electrons. The first-order chi connectivity index (χ1) is 27.3. The molecule has 11 nitrogen and oxygen atoms in total. The van der Waals surface area contributed by atoms with Crippen LogP contribution in [-0.4, -0.2) is 117 Å². The second-order valence-corrected chi connectivity index (χ2v) is 18.6. The number of piperazine rings is 1. The molecule has 0 aliphatic carbocycles. The molecule has 0 aromatic heterocycles. The van der Waals surface area contributed by atoms with E-state index in [0.29, 0.717) is 39.0 Å². The molecule has 3 rings (SSSR count). The topological polar surface area (TPSA) is 146 Å². The van der Waals surface area contributed by atoms with Gasteiger partial charge in [0.2, 0.25) is 5.91 Å². The Balaban J connectivity index is 1.14. The van der Waals surface area contributed by atoms with Crippen molar-refractivity contribution in [2.45, 2.75) is 243 Å². The highest BCUT2D eigenvalue weighted by Gasteiger charge is 2.41. The first-order valence-electron chi connectivity index (χ1n) is 23.4. The molecule has 3 heterocycles. The van der Waals surface area contributed by atoms with Gasteiger partial charge in [-0.05, 0) is 91.9 Å². The summed E-state index contributed by atoms with van der Waals surface area (Å²) in [6.07, 6.45) is 23.2. The summed E-state index contributed by atoms with van der Waals surface area (Å²) >= 11 is 0. The smallest absolute Gasteiger partial charge is 0.410 e. The number of ketones is 1. The van der Waals surface area contributed by atoms with Crippen molar-refractivity contribution < 1.29 is 43.9 Å². The van der Waals surface area contributed by atoms with Crippen LogP contribution in [0.2, 0.25) is 0 Å². The number of hydrogen-bond acceptors (Lipinski definition) is 9. The minimum Gasteiger partial charge on any atom is -0.444 e. The van der Waals surface area contributed by atoms with Crippen LogP contribution >= 0.6 is 0 Å². The fourth-order valence-corrected chi connectivity index (χ4v) is 8.83. The molecule has 11 heteroatoms. The molecular weight excluding hydrogens is 725 g/mol. The van der Waals surface area contributed by atoms with Gasteiger partial charge >= 0.3 is 6.09 Å². The Kier molecular flexibility index (Phi) is 23.6. The highest BCUT2D eigenvalue weighted by atomic mass is 16.6. The van der Waals surface area contributed by atoms with Crippen molar-refractivity contribution in [2.75, 3.05) is 26.2 Å². The van der Waals surface area contributed by atoms with Crippen molar-refractivity contribution in [1.82, 2.24) is 9.80 Å². The molecule has 0 bridgehead atoms. The van der Waals surface area contributed by atoms with E-state index in [1.54, 1.807) is 9.80 Å². The van der Waals surface area contributed by atoms with E-state index < -0.39 is 23.7 Å². The molecule has 2 amide bonds. The van der Waals surface area contributed by atoms with Gasteiger partial charge in [0.1, 0.15) is 11.4 Å². The summed E-state index contributed by atoms with van der Waals surface area (Å²) in [5.74, 6) is -0.762. The van der Waals surface area contributed by atoms with Crippen LogP contribution in [0.5, 0.6) is 0 Å². The predicted molar refractivity (Wildman–Crippen MR) is 225 cm³/mol. The van der Waals surface area contributed by atoms with E-state index in [9.17, 15) is 29.7 Å². The maximum Gasteiger partial charge on any atom is 0.410 e. The van der Waals surface area contributed by atoms with Gasteiger partial charge in [-0.3, -0.25) is 9.59 Å². The summed E-state index contributed by atoms with van der Waals surface area (Å²) in [5, 5.41) is 31.8. The average molecular weight is 809 g/mol. The molecule has 1 unspecified atom stereocenters. The van der Waals surface area contributed by atoms with Crippen molar-refractivity contribution >= 4 is 17.8 Å². The molecule has 0 radical (unpaired) electrons. The van der Waals surface area contributed by atoms with Gasteiger partial charge in [-0.25, -0.2) is 4.79 Å². The Morgan fingerprint density at radius 2 is 1.02 bits per heavy atom. The number of Topliss-reactive ketones (excluding diaryl/α,β-unsaturated/α-hetero) is 1. The van der Waals surface area contributed by atoms with E-state index in [1.807, 2.05) is 20.8 Å². The van der Waals surface area contributed by atoms with E-state index in [1.165, 1.54) is 64.7 Å². The molecule has 3 N–H and O–H groups in total. The van der Waals surface area contributed by atoms with Crippen LogP contribution in [0.25, 0.3) is 0 Å². The number of nitrogens with zero attached hydrogens (tertiary/aromatic N) is 2. The van der Waals surface area contributed by atoms with E-state index in [2.05, 4.69) is 6.92 Å². The zero-order chi connectivity index (χ0) is 41.6. The van der Waals surface area contributed by atoms with Crippen molar-refractivity contribution in [3.63, 3.8) is 0 Å². The highest BCUT2D eigenvalue weighted by Crippen LogP contribution is 2.35. The second-order valence-electron chi connectivity index (χ2n) is 18.6. The van der Waals surface area contributed by atoms with Gasteiger partial charge in [0.15, 0.2) is 0 Å². The molecule has 8 atom stereocenters. The molecule has 0 aromatic rings. The lowest BCUT2D eigenvalue weighted by molar-refractivity contribution is -0.142. The molecule has 57 heavy (non-hydrogen) atoms. The Bertz CT molecular complexity index is 1120. The lowest BCUT2D eigenvalue weighted by atomic mass is 9.95. The quantitative estimate of drug-likeness (QED) is 0.0522. The number of carbonyl (C=O) groups excluding carboxylic acids is 3. The number of carbonyl (C=O) groups is 3. The summed E-state index contributed by atoms with van der Waals surface area (Å²) in [7, 11) is 0. The fraction of sp³-hybridized carbons (Fsp3) is 0.935. The Labute approximate surface area is 346 Å². The van der Waals surface area contributed by atoms with Crippen LogP contribution in [0.1, 0.15) is 195 Å². The average Bonchev–Trinajstić information content (AvgIpc) is 3.87. The number of amides is 2. The van der Waals surface area contributed by atoms with Crippen LogP contribution in [0.3, 0.4) is 0 Å². The number of aliphatic hydroxyl groups is 3. The number of rotatable bonds is 28. The predicted octanol–water partition coefficient (Wildman–Crippen LogP) is 8.66. The first kappa shape index (κ1) is 49.6. The fourth-order valence-electron chi connectivity index (χ4n) is 8.83. The largest absolute Gasteiger partial charge is 0.444 e.